The molecule has 0 saturated heterocycles. The normalized spacial score (nSPS) is 10.8. The molecule has 0 aliphatic carbocycles. The van der Waals surface area contributed by atoms with Gasteiger partial charge in [-0.05, 0) is 50.2 Å². The van der Waals surface area contributed by atoms with Crippen LogP contribution in [0, 0.1) is 36.5 Å². The van der Waals surface area contributed by atoms with E-state index in [-0.39, 0.29) is 0 Å². The van der Waals surface area contributed by atoms with Crippen molar-refractivity contribution in [2.75, 3.05) is 0 Å². The smallest absolute Gasteiger partial charge is 0.165 e. The number of hydrogen-bond acceptors (Lipinski definition) is 5. The van der Waals surface area contributed by atoms with Gasteiger partial charge in [0.15, 0.2) is 5.82 Å². The molecule has 3 aromatic carbocycles. The summed E-state index contributed by atoms with van der Waals surface area (Å²) in [7, 11) is 0. The van der Waals surface area contributed by atoms with Crippen LogP contribution in [0.1, 0.15) is 22.8 Å². The van der Waals surface area contributed by atoms with E-state index in [0.717, 1.165) is 33.1 Å². The third kappa shape index (κ3) is 2.99. The number of rotatable bonds is 2. The van der Waals surface area contributed by atoms with E-state index in [4.69, 9.17) is 0 Å². The number of aromatic nitrogens is 4. The first-order valence-corrected chi connectivity index (χ1v) is 9.76. The summed E-state index contributed by atoms with van der Waals surface area (Å²) in [6.45, 7) is 3.67. The van der Waals surface area contributed by atoms with Crippen molar-refractivity contribution in [1.82, 2.24) is 19.5 Å². The van der Waals surface area contributed by atoms with E-state index in [9.17, 15) is 10.5 Å². The van der Waals surface area contributed by atoms with Gasteiger partial charge in [-0.25, -0.2) is 15.0 Å². The van der Waals surface area contributed by atoms with Crippen molar-refractivity contribution in [3.8, 4) is 29.2 Å². The van der Waals surface area contributed by atoms with Crippen LogP contribution >= 0.6 is 0 Å². The topological polar surface area (TPSA) is 91.2 Å². The molecule has 6 heteroatoms. The van der Waals surface area contributed by atoms with Gasteiger partial charge in [0.1, 0.15) is 11.6 Å². The van der Waals surface area contributed by atoms with Gasteiger partial charge in [0, 0.05) is 16.3 Å². The first-order valence-electron chi connectivity index (χ1n) is 9.76. The monoisotopic (exact) mass is 400 g/mol. The number of nitrogens with zero attached hydrogens (tertiary/aromatic N) is 6. The van der Waals surface area contributed by atoms with E-state index in [0.29, 0.717) is 28.6 Å². The van der Waals surface area contributed by atoms with Crippen LogP contribution in [0.4, 0.5) is 0 Å². The maximum absolute atomic E-state index is 9.57. The minimum atomic E-state index is 0.531. The second kappa shape index (κ2) is 7.05. The molecule has 6 nitrogen and oxygen atoms in total. The Balaban J connectivity index is 1.95. The molecule has 0 N–H and O–H groups in total. The summed E-state index contributed by atoms with van der Waals surface area (Å²) in [4.78, 5) is 13.4. The van der Waals surface area contributed by atoms with Gasteiger partial charge in [-0.15, -0.1) is 0 Å². The van der Waals surface area contributed by atoms with Gasteiger partial charge in [-0.2, -0.15) is 10.5 Å². The van der Waals surface area contributed by atoms with Crippen molar-refractivity contribution in [3.05, 3.63) is 83.4 Å². The molecule has 0 aliphatic rings. The average molecular weight is 400 g/mol. The number of aryl methyl sites for hydroxylation is 2. The van der Waals surface area contributed by atoms with E-state index < -0.39 is 0 Å². The highest BCUT2D eigenvalue weighted by Crippen LogP contribution is 2.36. The number of benzene rings is 3. The number of nitriles is 2. The summed E-state index contributed by atoms with van der Waals surface area (Å²) < 4.78 is 2.08. The van der Waals surface area contributed by atoms with Crippen molar-refractivity contribution in [3.63, 3.8) is 0 Å². The molecule has 0 radical (unpaired) electrons. The van der Waals surface area contributed by atoms with Crippen LogP contribution < -0.4 is 0 Å². The molecular weight excluding hydrogens is 384 g/mol. The van der Waals surface area contributed by atoms with Gasteiger partial charge in [-0.3, -0.25) is 0 Å². The third-order valence-electron chi connectivity index (χ3n) is 5.27. The van der Waals surface area contributed by atoms with Crippen molar-refractivity contribution in [1.29, 1.82) is 10.5 Å². The van der Waals surface area contributed by atoms with Crippen LogP contribution in [0.25, 0.3) is 38.9 Å². The predicted octanol–water partition coefficient (Wildman–Crippen LogP) is 5.00. The van der Waals surface area contributed by atoms with E-state index in [1.165, 1.54) is 0 Å². The largest absolute Gasteiger partial charge is 0.308 e. The zero-order chi connectivity index (χ0) is 21.5. The van der Waals surface area contributed by atoms with Gasteiger partial charge in [-0.1, -0.05) is 24.3 Å². The summed E-state index contributed by atoms with van der Waals surface area (Å²) in [5.41, 5.74) is 4.54. The van der Waals surface area contributed by atoms with E-state index >= 15 is 0 Å². The Labute approximate surface area is 178 Å². The Hall–Kier alpha value is -4.55. The van der Waals surface area contributed by atoms with Crippen molar-refractivity contribution >= 4 is 21.8 Å². The molecule has 0 fully saturated rings. The molecule has 146 valence electrons. The van der Waals surface area contributed by atoms with Gasteiger partial charge in [0.25, 0.3) is 0 Å². The molecule has 0 atom stereocenters. The standard InChI is InChI=1S/C25H16N6/c1-15-28-16(2)30-25(29-15)21-10-8-18(14-27)12-24(21)31-22-6-4-3-5-19(22)20-9-7-17(13-26)11-23(20)31/h3-12H,1-2H3. The van der Waals surface area contributed by atoms with Crippen LogP contribution in [-0.2, 0) is 0 Å². The molecule has 0 unspecified atom stereocenters. The maximum Gasteiger partial charge on any atom is 0.165 e. The van der Waals surface area contributed by atoms with E-state index in [1.807, 2.05) is 62.4 Å². The molecule has 2 aromatic heterocycles. The number of fused-ring (bicyclic) bond motifs is 3. The first-order chi connectivity index (χ1) is 15.1. The SMILES string of the molecule is Cc1nc(C)nc(-c2ccc(C#N)cc2-n2c3ccccc3c3ccc(C#N)cc32)n1. The third-order valence-corrected chi connectivity index (χ3v) is 5.27. The van der Waals surface area contributed by atoms with Gasteiger partial charge in [0.2, 0.25) is 0 Å². The quantitative estimate of drug-likeness (QED) is 0.416. The zero-order valence-electron chi connectivity index (χ0n) is 17.0. The van der Waals surface area contributed by atoms with Crippen LogP contribution in [0.15, 0.2) is 60.7 Å². The van der Waals surface area contributed by atoms with Gasteiger partial charge >= 0.3 is 0 Å². The molecular formula is C25H16N6. The summed E-state index contributed by atoms with van der Waals surface area (Å²) in [5.74, 6) is 1.81. The lowest BCUT2D eigenvalue weighted by Gasteiger charge is -2.14. The number of para-hydroxylation sites is 1. The lowest BCUT2D eigenvalue weighted by Crippen LogP contribution is -2.03. The van der Waals surface area contributed by atoms with Crippen molar-refractivity contribution < 1.29 is 0 Å². The zero-order valence-corrected chi connectivity index (χ0v) is 17.0. The molecule has 0 bridgehead atoms. The van der Waals surface area contributed by atoms with Gasteiger partial charge < -0.3 is 4.57 Å². The molecule has 2 heterocycles. The molecule has 5 rings (SSSR count). The second-order valence-electron chi connectivity index (χ2n) is 7.29. The highest BCUT2D eigenvalue weighted by molar-refractivity contribution is 6.10. The summed E-state index contributed by atoms with van der Waals surface area (Å²) in [6.07, 6.45) is 0. The van der Waals surface area contributed by atoms with Crippen molar-refractivity contribution in [2.24, 2.45) is 0 Å². The summed E-state index contributed by atoms with van der Waals surface area (Å²) in [5, 5.41) is 21.2. The van der Waals surface area contributed by atoms with Crippen LogP contribution in [0.5, 0.6) is 0 Å². The van der Waals surface area contributed by atoms with E-state index in [1.54, 1.807) is 6.07 Å². The van der Waals surface area contributed by atoms with Gasteiger partial charge in [0.05, 0.1) is 40.0 Å². The molecule has 31 heavy (non-hydrogen) atoms. The average Bonchev–Trinajstić information content (AvgIpc) is 3.11. The predicted molar refractivity (Wildman–Crippen MR) is 119 cm³/mol. The maximum atomic E-state index is 9.57. The highest BCUT2D eigenvalue weighted by atomic mass is 15.0. The molecule has 0 spiro atoms. The summed E-state index contributed by atoms with van der Waals surface area (Å²) >= 11 is 0. The fourth-order valence-corrected chi connectivity index (χ4v) is 4.01. The molecule has 5 aromatic rings. The fourth-order valence-electron chi connectivity index (χ4n) is 4.01. The number of hydrogen-bond donors (Lipinski definition) is 0. The Bertz CT molecular complexity index is 1560. The minimum absolute atomic E-state index is 0.531. The van der Waals surface area contributed by atoms with Crippen LogP contribution in [-0.4, -0.2) is 19.5 Å². The fraction of sp³-hybridized carbons (Fsp3) is 0.0800. The second-order valence-corrected chi connectivity index (χ2v) is 7.29. The molecule has 0 amide bonds. The Kier molecular flexibility index (Phi) is 4.20. The lowest BCUT2D eigenvalue weighted by atomic mass is 10.1. The minimum Gasteiger partial charge on any atom is -0.308 e. The first kappa shape index (κ1) is 18.5. The Morgan fingerprint density at radius 2 is 1.35 bits per heavy atom. The highest BCUT2D eigenvalue weighted by Gasteiger charge is 2.18. The Morgan fingerprint density at radius 3 is 2.10 bits per heavy atom. The molecule has 0 aliphatic heterocycles. The molecule has 0 saturated carbocycles. The lowest BCUT2D eigenvalue weighted by molar-refractivity contribution is 0.926. The summed E-state index contributed by atoms with van der Waals surface area (Å²) in [6, 6.07) is 23.7. The Morgan fingerprint density at radius 1 is 0.710 bits per heavy atom. The van der Waals surface area contributed by atoms with Crippen molar-refractivity contribution in [2.45, 2.75) is 13.8 Å². The van der Waals surface area contributed by atoms with E-state index in [2.05, 4.69) is 37.7 Å². The van der Waals surface area contributed by atoms with Crippen LogP contribution in [0.3, 0.4) is 0 Å². The van der Waals surface area contributed by atoms with Crippen LogP contribution in [0.2, 0.25) is 0 Å².